The van der Waals surface area contributed by atoms with Gasteiger partial charge in [0.15, 0.2) is 0 Å². The summed E-state index contributed by atoms with van der Waals surface area (Å²) in [6.45, 7) is 7.61. The Morgan fingerprint density at radius 2 is 2.08 bits per heavy atom. The van der Waals surface area contributed by atoms with Crippen LogP contribution in [-0.4, -0.2) is 28.1 Å². The van der Waals surface area contributed by atoms with Crippen molar-refractivity contribution in [3.63, 3.8) is 0 Å². The smallest absolute Gasteiger partial charge is 0.398 e. The molecule has 25 heavy (non-hydrogen) atoms. The largest absolute Gasteiger partial charge is 0.525 e. The molecule has 0 bridgehead atoms. The number of thiophene rings is 1. The fourth-order valence-electron chi connectivity index (χ4n) is 2.49. The molecule has 2 aromatic heterocycles. The molecule has 8 heteroatoms. The Labute approximate surface area is 150 Å². The molecule has 3 heterocycles. The Morgan fingerprint density at radius 1 is 1.40 bits per heavy atom. The number of hydrogen-bond donors (Lipinski definition) is 0. The molecule has 0 spiro atoms. The monoisotopic (exact) mass is 359 g/mol. The molecule has 2 aromatic rings. The molecule has 0 saturated carbocycles. The molecule has 5 nitrogen and oxygen atoms in total. The minimum absolute atomic E-state index is 0.100. The van der Waals surface area contributed by atoms with Gasteiger partial charge in [-0.05, 0) is 45.2 Å². The van der Waals surface area contributed by atoms with Gasteiger partial charge in [0.25, 0.3) is 0 Å². The van der Waals surface area contributed by atoms with Gasteiger partial charge in [0.1, 0.15) is 18.0 Å². The summed E-state index contributed by atoms with van der Waals surface area (Å²) in [7, 11) is -1.06. The van der Waals surface area contributed by atoms with Crippen molar-refractivity contribution in [3.8, 4) is 17.3 Å². The van der Waals surface area contributed by atoms with E-state index >= 15 is 0 Å². The summed E-state index contributed by atoms with van der Waals surface area (Å²) in [5, 5.41) is 17.1. The van der Waals surface area contributed by atoms with E-state index in [1.54, 1.807) is 6.20 Å². The van der Waals surface area contributed by atoms with Crippen LogP contribution in [0.1, 0.15) is 33.3 Å². The lowest BCUT2D eigenvalue weighted by Crippen LogP contribution is -2.41. The molecule has 1 fully saturated rings. The highest BCUT2D eigenvalue weighted by molar-refractivity contribution is 7.08. The first-order valence-corrected chi connectivity index (χ1v) is 8.87. The fraction of sp³-hybridized carbons (Fsp3) is 0.412. The SMILES string of the molecule is CC1(C)OB(C(F)=Cc2cn(CC#N)nc2-c2ccsc2)OC1(C)C. The Hall–Kier alpha value is -1.95. The van der Waals surface area contributed by atoms with E-state index in [1.807, 2.05) is 50.6 Å². The van der Waals surface area contributed by atoms with E-state index in [2.05, 4.69) is 5.10 Å². The quantitative estimate of drug-likeness (QED) is 0.772. The number of aromatic nitrogens is 2. The van der Waals surface area contributed by atoms with Gasteiger partial charge in [-0.2, -0.15) is 21.7 Å². The van der Waals surface area contributed by atoms with Gasteiger partial charge >= 0.3 is 7.12 Å². The second kappa shape index (κ2) is 6.41. The van der Waals surface area contributed by atoms with Gasteiger partial charge in [0.05, 0.1) is 17.3 Å². The van der Waals surface area contributed by atoms with Crippen LogP contribution >= 0.6 is 11.3 Å². The first-order chi connectivity index (χ1) is 11.7. The van der Waals surface area contributed by atoms with Gasteiger partial charge in [-0.3, -0.25) is 4.68 Å². The van der Waals surface area contributed by atoms with Crippen LogP contribution in [-0.2, 0) is 15.9 Å². The highest BCUT2D eigenvalue weighted by Crippen LogP contribution is 2.39. The second-order valence-electron chi connectivity index (χ2n) is 6.92. The summed E-state index contributed by atoms with van der Waals surface area (Å²) in [6.07, 6.45) is 3.02. The van der Waals surface area contributed by atoms with Crippen molar-refractivity contribution in [1.29, 1.82) is 5.26 Å². The van der Waals surface area contributed by atoms with E-state index in [0.29, 0.717) is 11.3 Å². The molecule has 130 valence electrons. The number of nitriles is 1. The molecular formula is C17H19BFN3O2S. The summed E-state index contributed by atoms with van der Waals surface area (Å²) in [4.78, 5) is 0. The Bertz CT molecular complexity index is 821. The predicted octanol–water partition coefficient (Wildman–Crippen LogP) is 4.08. The van der Waals surface area contributed by atoms with Crippen LogP contribution in [0, 0.1) is 11.3 Å². The molecule has 0 amide bonds. The zero-order valence-electron chi connectivity index (χ0n) is 14.6. The molecule has 1 aliphatic heterocycles. The lowest BCUT2D eigenvalue weighted by atomic mass is 9.86. The minimum Gasteiger partial charge on any atom is -0.398 e. The van der Waals surface area contributed by atoms with Crippen molar-refractivity contribution in [2.24, 2.45) is 0 Å². The van der Waals surface area contributed by atoms with Crippen molar-refractivity contribution in [3.05, 3.63) is 34.3 Å². The van der Waals surface area contributed by atoms with Crippen LogP contribution in [0.15, 0.2) is 28.7 Å². The van der Waals surface area contributed by atoms with Gasteiger partial charge in [-0.25, -0.2) is 4.39 Å². The van der Waals surface area contributed by atoms with E-state index in [0.717, 1.165) is 5.56 Å². The van der Waals surface area contributed by atoms with Crippen LogP contribution < -0.4 is 0 Å². The van der Waals surface area contributed by atoms with Crippen LogP contribution in [0.3, 0.4) is 0 Å². The first-order valence-electron chi connectivity index (χ1n) is 7.93. The van der Waals surface area contributed by atoms with Crippen LogP contribution in [0.5, 0.6) is 0 Å². The maximum absolute atomic E-state index is 14.8. The van der Waals surface area contributed by atoms with Gasteiger partial charge in [-0.15, -0.1) is 0 Å². The maximum atomic E-state index is 14.8. The minimum atomic E-state index is -1.06. The average Bonchev–Trinajstić information content (AvgIpc) is 3.19. The fourth-order valence-corrected chi connectivity index (χ4v) is 3.13. The molecule has 0 atom stereocenters. The second-order valence-corrected chi connectivity index (χ2v) is 7.70. The zero-order valence-corrected chi connectivity index (χ0v) is 15.4. The lowest BCUT2D eigenvalue weighted by molar-refractivity contribution is 0.00578. The highest BCUT2D eigenvalue weighted by Gasteiger charge is 2.53. The van der Waals surface area contributed by atoms with E-state index in [1.165, 1.54) is 22.1 Å². The number of rotatable bonds is 4. The summed E-state index contributed by atoms with van der Waals surface area (Å²) in [5.74, 6) is 0. The average molecular weight is 359 g/mol. The normalized spacial score (nSPS) is 19.2. The summed E-state index contributed by atoms with van der Waals surface area (Å²) >= 11 is 1.53. The standard InChI is InChI=1S/C17H19BFN3O2S/c1-16(2)17(3,4)24-18(23-16)14(19)9-13-10-22(7-6-20)21-15(13)12-5-8-25-11-12/h5,8-11H,7H2,1-4H3. The molecule has 0 aliphatic carbocycles. The van der Waals surface area contributed by atoms with Crippen LogP contribution in [0.4, 0.5) is 4.39 Å². The third kappa shape index (κ3) is 3.40. The molecule has 0 unspecified atom stereocenters. The number of hydrogen-bond acceptors (Lipinski definition) is 5. The van der Waals surface area contributed by atoms with Crippen LogP contribution in [0.2, 0.25) is 0 Å². The van der Waals surface area contributed by atoms with Crippen molar-refractivity contribution in [1.82, 2.24) is 9.78 Å². The molecule has 3 rings (SSSR count). The van der Waals surface area contributed by atoms with Crippen molar-refractivity contribution in [2.45, 2.75) is 45.4 Å². The third-order valence-electron chi connectivity index (χ3n) is 4.59. The summed E-state index contributed by atoms with van der Waals surface area (Å²) < 4.78 is 27.8. The van der Waals surface area contributed by atoms with E-state index < -0.39 is 24.0 Å². The highest BCUT2D eigenvalue weighted by atomic mass is 32.1. The molecule has 1 saturated heterocycles. The Balaban J connectivity index is 1.94. The van der Waals surface area contributed by atoms with Crippen molar-refractivity contribution >= 4 is 24.5 Å². The molecule has 1 aliphatic rings. The topological polar surface area (TPSA) is 60.1 Å². The van der Waals surface area contributed by atoms with E-state index in [9.17, 15) is 4.39 Å². The predicted molar refractivity (Wildman–Crippen MR) is 96.3 cm³/mol. The van der Waals surface area contributed by atoms with Gasteiger partial charge in [-0.1, -0.05) is 0 Å². The van der Waals surface area contributed by atoms with Crippen LogP contribution in [0.25, 0.3) is 17.3 Å². The van der Waals surface area contributed by atoms with E-state index in [-0.39, 0.29) is 6.54 Å². The molecule has 0 N–H and O–H groups in total. The van der Waals surface area contributed by atoms with Gasteiger partial charge < -0.3 is 9.31 Å². The van der Waals surface area contributed by atoms with Gasteiger partial charge in [0.2, 0.25) is 0 Å². The lowest BCUT2D eigenvalue weighted by Gasteiger charge is -2.32. The van der Waals surface area contributed by atoms with Crippen molar-refractivity contribution in [2.75, 3.05) is 0 Å². The zero-order chi connectivity index (χ0) is 18.2. The Kier molecular flexibility index (Phi) is 4.58. The summed E-state index contributed by atoms with van der Waals surface area (Å²) in [5.41, 5.74) is 0.360. The molecule has 0 aromatic carbocycles. The number of halogens is 1. The maximum Gasteiger partial charge on any atom is 0.525 e. The first kappa shape index (κ1) is 17.9. The molecular weight excluding hydrogens is 340 g/mol. The van der Waals surface area contributed by atoms with E-state index in [4.69, 9.17) is 14.6 Å². The Morgan fingerprint density at radius 3 is 2.64 bits per heavy atom. The number of nitrogens with zero attached hydrogens (tertiary/aromatic N) is 3. The third-order valence-corrected chi connectivity index (χ3v) is 5.27. The summed E-state index contributed by atoms with van der Waals surface area (Å²) in [6, 6.07) is 3.95. The molecule has 0 radical (unpaired) electrons. The van der Waals surface area contributed by atoms with Crippen molar-refractivity contribution < 1.29 is 13.7 Å². The van der Waals surface area contributed by atoms with Gasteiger partial charge in [0, 0.05) is 22.7 Å².